The molecule has 1 atom stereocenters. The molecule has 106 valence electrons. The van der Waals surface area contributed by atoms with Crippen molar-refractivity contribution in [2.45, 2.75) is 29.4 Å². The van der Waals surface area contributed by atoms with Gasteiger partial charge in [0.1, 0.15) is 0 Å². The summed E-state index contributed by atoms with van der Waals surface area (Å²) in [6.45, 7) is 1.79. The summed E-state index contributed by atoms with van der Waals surface area (Å²) in [6.07, 6.45) is 2.91. The highest BCUT2D eigenvalue weighted by atomic mass is 32.2. The van der Waals surface area contributed by atoms with E-state index in [4.69, 9.17) is 0 Å². The molecule has 2 amide bonds. The lowest BCUT2D eigenvalue weighted by atomic mass is 10.1. The Kier molecular flexibility index (Phi) is 3.96. The molecule has 2 aliphatic heterocycles. The van der Waals surface area contributed by atoms with Gasteiger partial charge >= 0.3 is 0 Å². The fourth-order valence-corrected chi connectivity index (χ4v) is 3.90. The first-order valence-electron chi connectivity index (χ1n) is 7.04. The van der Waals surface area contributed by atoms with Crippen LogP contribution in [0.4, 0.5) is 0 Å². The van der Waals surface area contributed by atoms with E-state index in [2.05, 4.69) is 11.4 Å². The van der Waals surface area contributed by atoms with Gasteiger partial charge in [0.25, 0.3) is 0 Å². The zero-order valence-electron chi connectivity index (χ0n) is 11.3. The van der Waals surface area contributed by atoms with Gasteiger partial charge in [0.05, 0.1) is 11.8 Å². The summed E-state index contributed by atoms with van der Waals surface area (Å²) in [5, 5.41) is 2.69. The van der Waals surface area contributed by atoms with Gasteiger partial charge in [-0.25, -0.2) is 0 Å². The van der Waals surface area contributed by atoms with Crippen LogP contribution in [0, 0.1) is 0 Å². The summed E-state index contributed by atoms with van der Waals surface area (Å²) in [7, 11) is 0. The van der Waals surface area contributed by atoms with Gasteiger partial charge in [-0.1, -0.05) is 18.2 Å². The molecule has 0 saturated carbocycles. The smallest absolute Gasteiger partial charge is 0.241 e. The number of thioether (sulfide) groups is 1. The molecule has 0 spiro atoms. The van der Waals surface area contributed by atoms with Gasteiger partial charge in [-0.15, -0.1) is 11.8 Å². The molecule has 4 nitrogen and oxygen atoms in total. The Bertz CT molecular complexity index is 501. The van der Waals surface area contributed by atoms with Crippen LogP contribution in [0.15, 0.2) is 29.2 Å². The predicted octanol–water partition coefficient (Wildman–Crippen LogP) is 1.44. The topological polar surface area (TPSA) is 49.4 Å². The third-order valence-corrected chi connectivity index (χ3v) is 5.13. The highest BCUT2D eigenvalue weighted by Gasteiger charge is 2.28. The zero-order valence-corrected chi connectivity index (χ0v) is 12.1. The average molecular weight is 290 g/mol. The standard InChI is InChI=1S/C15H18N2O2S/c18-14(17-7-3-4-8-17)10-16-15(19)13-9-11-5-1-2-6-12(11)20-13/h1-2,5-6,13H,3-4,7-10H2,(H,16,19). The van der Waals surface area contributed by atoms with E-state index >= 15 is 0 Å². The fourth-order valence-electron chi connectivity index (χ4n) is 2.68. The molecule has 1 N–H and O–H groups in total. The SMILES string of the molecule is O=C(NCC(=O)N1CCCC1)C1Cc2ccccc2S1. The monoisotopic (exact) mass is 290 g/mol. The van der Waals surface area contributed by atoms with Crippen molar-refractivity contribution in [3.63, 3.8) is 0 Å². The predicted molar refractivity (Wildman–Crippen MR) is 78.6 cm³/mol. The van der Waals surface area contributed by atoms with E-state index in [1.165, 1.54) is 10.5 Å². The van der Waals surface area contributed by atoms with Gasteiger partial charge in [0.2, 0.25) is 11.8 Å². The lowest BCUT2D eigenvalue weighted by molar-refractivity contribution is -0.131. The van der Waals surface area contributed by atoms with Crippen LogP contribution in [0.3, 0.4) is 0 Å². The molecular weight excluding hydrogens is 272 g/mol. The summed E-state index contributed by atoms with van der Waals surface area (Å²) < 4.78 is 0. The molecule has 2 aliphatic rings. The van der Waals surface area contributed by atoms with Crippen LogP contribution in [0.25, 0.3) is 0 Å². The Morgan fingerprint density at radius 3 is 2.75 bits per heavy atom. The summed E-state index contributed by atoms with van der Waals surface area (Å²) in [4.78, 5) is 27.0. The maximum Gasteiger partial charge on any atom is 0.241 e. The van der Waals surface area contributed by atoms with Crippen molar-refractivity contribution < 1.29 is 9.59 Å². The molecule has 1 fully saturated rings. The summed E-state index contributed by atoms with van der Waals surface area (Å²) in [5.74, 6) is 0.00936. The highest BCUT2D eigenvalue weighted by molar-refractivity contribution is 8.01. The average Bonchev–Trinajstić information content (AvgIpc) is 3.12. The Morgan fingerprint density at radius 1 is 1.25 bits per heavy atom. The number of fused-ring (bicyclic) bond motifs is 1. The number of hydrogen-bond donors (Lipinski definition) is 1. The number of nitrogens with zero attached hydrogens (tertiary/aromatic N) is 1. The molecule has 1 saturated heterocycles. The number of benzene rings is 1. The summed E-state index contributed by atoms with van der Waals surface area (Å²) in [5.41, 5.74) is 1.23. The van der Waals surface area contributed by atoms with Gasteiger partial charge in [-0.05, 0) is 30.9 Å². The van der Waals surface area contributed by atoms with E-state index in [-0.39, 0.29) is 23.6 Å². The normalized spacial score (nSPS) is 20.8. The van der Waals surface area contributed by atoms with Crippen LogP contribution in [0.1, 0.15) is 18.4 Å². The second-order valence-electron chi connectivity index (χ2n) is 5.22. The second-order valence-corrected chi connectivity index (χ2v) is 6.47. The molecule has 5 heteroatoms. The van der Waals surface area contributed by atoms with E-state index in [9.17, 15) is 9.59 Å². The van der Waals surface area contributed by atoms with Crippen molar-refractivity contribution in [3.05, 3.63) is 29.8 Å². The number of hydrogen-bond acceptors (Lipinski definition) is 3. The third-order valence-electron chi connectivity index (χ3n) is 3.81. The van der Waals surface area contributed by atoms with Crippen molar-refractivity contribution in [2.24, 2.45) is 0 Å². The zero-order chi connectivity index (χ0) is 13.9. The molecule has 0 radical (unpaired) electrons. The van der Waals surface area contributed by atoms with Crippen molar-refractivity contribution in [1.82, 2.24) is 10.2 Å². The molecule has 3 rings (SSSR count). The lowest BCUT2D eigenvalue weighted by Crippen LogP contribution is -2.41. The van der Waals surface area contributed by atoms with Gasteiger partial charge < -0.3 is 10.2 Å². The number of amides is 2. The van der Waals surface area contributed by atoms with Crippen molar-refractivity contribution in [2.75, 3.05) is 19.6 Å². The van der Waals surface area contributed by atoms with Crippen molar-refractivity contribution in [3.8, 4) is 0 Å². The van der Waals surface area contributed by atoms with Crippen molar-refractivity contribution >= 4 is 23.6 Å². The van der Waals surface area contributed by atoms with E-state index in [0.29, 0.717) is 0 Å². The van der Waals surface area contributed by atoms with Gasteiger partial charge in [0, 0.05) is 18.0 Å². The molecular formula is C15H18N2O2S. The van der Waals surface area contributed by atoms with Crippen molar-refractivity contribution in [1.29, 1.82) is 0 Å². The molecule has 20 heavy (non-hydrogen) atoms. The molecule has 0 aliphatic carbocycles. The second kappa shape index (κ2) is 5.87. The number of carbonyl (C=O) groups excluding carboxylic acids is 2. The molecule has 1 unspecified atom stereocenters. The molecule has 1 aromatic rings. The van der Waals surface area contributed by atoms with E-state index < -0.39 is 0 Å². The minimum atomic E-state index is -0.0984. The first-order valence-corrected chi connectivity index (χ1v) is 7.92. The van der Waals surface area contributed by atoms with Gasteiger partial charge in [-0.2, -0.15) is 0 Å². The molecule has 0 bridgehead atoms. The Labute approximate surface area is 122 Å². The van der Waals surface area contributed by atoms with Gasteiger partial charge in [-0.3, -0.25) is 9.59 Å². The number of nitrogens with one attached hydrogen (secondary N) is 1. The Hall–Kier alpha value is -1.49. The van der Waals surface area contributed by atoms with Crippen LogP contribution in [0.2, 0.25) is 0 Å². The summed E-state index contributed by atoms with van der Waals surface area (Å²) in [6, 6.07) is 8.09. The van der Waals surface area contributed by atoms with Crippen LogP contribution < -0.4 is 5.32 Å². The molecule has 0 aromatic heterocycles. The molecule has 2 heterocycles. The van der Waals surface area contributed by atoms with E-state index in [0.717, 1.165) is 32.4 Å². The highest BCUT2D eigenvalue weighted by Crippen LogP contribution is 2.36. The van der Waals surface area contributed by atoms with E-state index in [1.54, 1.807) is 11.8 Å². The minimum absolute atomic E-state index is 0.0289. The van der Waals surface area contributed by atoms with Crippen LogP contribution in [0.5, 0.6) is 0 Å². The minimum Gasteiger partial charge on any atom is -0.346 e. The fraction of sp³-hybridized carbons (Fsp3) is 0.467. The Balaban J connectivity index is 1.50. The first-order chi connectivity index (χ1) is 9.74. The maximum atomic E-state index is 12.1. The van der Waals surface area contributed by atoms with Crippen LogP contribution in [-0.2, 0) is 16.0 Å². The quantitative estimate of drug-likeness (QED) is 0.916. The lowest BCUT2D eigenvalue weighted by Gasteiger charge is -2.16. The van der Waals surface area contributed by atoms with Crippen LogP contribution >= 0.6 is 11.8 Å². The summed E-state index contributed by atoms with van der Waals surface area (Å²) >= 11 is 1.59. The third kappa shape index (κ3) is 2.82. The largest absolute Gasteiger partial charge is 0.346 e. The van der Waals surface area contributed by atoms with E-state index in [1.807, 2.05) is 23.1 Å². The maximum absolute atomic E-state index is 12.1. The first kappa shape index (κ1) is 13.5. The number of likely N-dealkylation sites (tertiary alicyclic amines) is 1. The number of rotatable bonds is 3. The molecule has 1 aromatic carbocycles. The number of carbonyl (C=O) groups is 2. The van der Waals surface area contributed by atoms with Crippen LogP contribution in [-0.4, -0.2) is 41.6 Å². The van der Waals surface area contributed by atoms with Gasteiger partial charge in [0.15, 0.2) is 0 Å². The Morgan fingerprint density at radius 2 is 2.00 bits per heavy atom.